The van der Waals surface area contributed by atoms with Crippen LogP contribution in [0, 0.1) is 5.82 Å². The van der Waals surface area contributed by atoms with Crippen LogP contribution in [0.25, 0.3) is 11.0 Å². The van der Waals surface area contributed by atoms with Crippen molar-refractivity contribution in [2.75, 3.05) is 20.2 Å². The number of rotatable bonds is 7. The van der Waals surface area contributed by atoms with E-state index >= 15 is 0 Å². The maximum atomic E-state index is 14.8. The highest BCUT2D eigenvalue weighted by Crippen LogP contribution is 2.51. The molecule has 0 amide bonds. The van der Waals surface area contributed by atoms with Gasteiger partial charge >= 0.3 is 6.18 Å². The van der Waals surface area contributed by atoms with Gasteiger partial charge < -0.3 is 14.8 Å². The van der Waals surface area contributed by atoms with Gasteiger partial charge in [0, 0.05) is 17.3 Å². The van der Waals surface area contributed by atoms with Crippen molar-refractivity contribution in [1.29, 1.82) is 0 Å². The SMILES string of the molecule is COc1cc(F)ccc1C(C)(C)CC(O)(C(c1cc2ncncc2[nH]1)N1CCCC1)C(F)(F)F. The molecular weight excluding hydrogens is 452 g/mol. The molecule has 0 spiro atoms. The van der Waals surface area contributed by atoms with Crippen LogP contribution < -0.4 is 4.74 Å². The predicted molar refractivity (Wildman–Crippen MR) is 119 cm³/mol. The molecule has 184 valence electrons. The van der Waals surface area contributed by atoms with Crippen LogP contribution in [0.5, 0.6) is 5.75 Å². The Hall–Kier alpha value is -2.72. The monoisotopic (exact) mass is 480 g/mol. The number of benzene rings is 1. The molecule has 3 aromatic rings. The topological polar surface area (TPSA) is 74.3 Å². The van der Waals surface area contributed by atoms with Crippen LogP contribution >= 0.6 is 0 Å². The molecule has 0 radical (unpaired) electrons. The zero-order valence-electron chi connectivity index (χ0n) is 19.3. The number of ether oxygens (including phenoxy) is 1. The molecule has 2 N–H and O–H groups in total. The second-order valence-corrected chi connectivity index (χ2v) is 9.52. The average molecular weight is 481 g/mol. The first kappa shape index (κ1) is 24.4. The molecular formula is C24H28F4N4O2. The van der Waals surface area contributed by atoms with Gasteiger partial charge in [0.1, 0.15) is 17.9 Å². The van der Waals surface area contributed by atoms with Gasteiger partial charge in [0.25, 0.3) is 0 Å². The number of alkyl halides is 3. The van der Waals surface area contributed by atoms with Crippen molar-refractivity contribution < 1.29 is 27.4 Å². The fraction of sp³-hybridized carbons (Fsp3) is 0.500. The number of aliphatic hydroxyl groups is 1. The Labute approximate surface area is 195 Å². The highest BCUT2D eigenvalue weighted by Gasteiger charge is 2.62. The van der Waals surface area contributed by atoms with Gasteiger partial charge in [0.05, 0.1) is 30.4 Å². The number of methoxy groups -OCH3 is 1. The van der Waals surface area contributed by atoms with E-state index in [-0.39, 0.29) is 11.4 Å². The van der Waals surface area contributed by atoms with E-state index in [1.165, 1.54) is 31.8 Å². The summed E-state index contributed by atoms with van der Waals surface area (Å²) in [6.45, 7) is 4.03. The summed E-state index contributed by atoms with van der Waals surface area (Å²) in [6, 6.07) is 3.88. The second kappa shape index (κ2) is 8.81. The minimum atomic E-state index is -4.96. The highest BCUT2D eigenvalue weighted by molar-refractivity contribution is 5.74. The number of nitrogens with zero attached hydrogens (tertiary/aromatic N) is 3. The molecule has 1 aliphatic rings. The summed E-state index contributed by atoms with van der Waals surface area (Å²) in [5, 5.41) is 11.6. The van der Waals surface area contributed by atoms with E-state index in [9.17, 15) is 22.7 Å². The molecule has 4 rings (SSSR count). The van der Waals surface area contributed by atoms with E-state index in [2.05, 4.69) is 15.0 Å². The van der Waals surface area contributed by atoms with Gasteiger partial charge in [-0.25, -0.2) is 14.4 Å². The lowest BCUT2D eigenvalue weighted by Gasteiger charge is -2.45. The van der Waals surface area contributed by atoms with Crippen molar-refractivity contribution in [3.05, 3.63) is 53.9 Å². The van der Waals surface area contributed by atoms with E-state index < -0.39 is 35.5 Å². The molecule has 10 heteroatoms. The molecule has 0 bridgehead atoms. The number of nitrogens with one attached hydrogen (secondary N) is 1. The zero-order valence-corrected chi connectivity index (χ0v) is 19.3. The van der Waals surface area contributed by atoms with E-state index in [1.807, 2.05) is 0 Å². The van der Waals surface area contributed by atoms with Crippen LogP contribution in [0.3, 0.4) is 0 Å². The normalized spacial score (nSPS) is 18.2. The molecule has 6 nitrogen and oxygen atoms in total. The van der Waals surface area contributed by atoms with Gasteiger partial charge in [-0.05, 0) is 49.9 Å². The van der Waals surface area contributed by atoms with Crippen LogP contribution in [0.15, 0.2) is 36.8 Å². The smallest absolute Gasteiger partial charge is 0.419 e. The van der Waals surface area contributed by atoms with Gasteiger partial charge in [-0.2, -0.15) is 13.2 Å². The molecule has 1 saturated heterocycles. The Morgan fingerprint density at radius 3 is 2.50 bits per heavy atom. The van der Waals surface area contributed by atoms with Crippen LogP contribution in [0.1, 0.15) is 50.4 Å². The summed E-state index contributed by atoms with van der Waals surface area (Å²) in [7, 11) is 1.34. The largest absolute Gasteiger partial charge is 0.496 e. The quantitative estimate of drug-likeness (QED) is 0.471. The van der Waals surface area contributed by atoms with Gasteiger partial charge in [-0.15, -0.1) is 0 Å². The number of hydrogen-bond acceptors (Lipinski definition) is 5. The first-order valence-electron chi connectivity index (χ1n) is 11.1. The molecule has 2 aromatic heterocycles. The number of hydrogen-bond donors (Lipinski definition) is 2. The number of halogens is 4. The van der Waals surface area contributed by atoms with Gasteiger partial charge in [-0.1, -0.05) is 19.9 Å². The first-order chi connectivity index (χ1) is 16.0. The van der Waals surface area contributed by atoms with Crippen molar-refractivity contribution in [3.8, 4) is 5.75 Å². The lowest BCUT2D eigenvalue weighted by Crippen LogP contribution is -2.57. The lowest BCUT2D eigenvalue weighted by atomic mass is 9.71. The van der Waals surface area contributed by atoms with Crippen molar-refractivity contribution in [2.24, 2.45) is 0 Å². The summed E-state index contributed by atoms with van der Waals surface area (Å²) in [5.74, 6) is -0.426. The molecule has 1 fully saturated rings. The molecule has 3 heterocycles. The average Bonchev–Trinajstić information content (AvgIpc) is 3.42. The predicted octanol–water partition coefficient (Wildman–Crippen LogP) is 4.90. The third-order valence-corrected chi connectivity index (χ3v) is 6.66. The highest BCUT2D eigenvalue weighted by atomic mass is 19.4. The summed E-state index contributed by atoms with van der Waals surface area (Å²) >= 11 is 0. The first-order valence-corrected chi connectivity index (χ1v) is 11.1. The Morgan fingerprint density at radius 1 is 1.18 bits per heavy atom. The van der Waals surface area contributed by atoms with Crippen molar-refractivity contribution in [1.82, 2.24) is 19.9 Å². The van der Waals surface area contributed by atoms with E-state index in [1.54, 1.807) is 24.8 Å². The molecule has 1 aromatic carbocycles. The molecule has 34 heavy (non-hydrogen) atoms. The third kappa shape index (κ3) is 4.36. The minimum Gasteiger partial charge on any atom is -0.496 e. The Balaban J connectivity index is 1.84. The standard InChI is InChI=1S/C24H28F4N4O2/c1-22(2,16-7-6-15(25)10-20(16)34-3)13-23(33,24(26,27)28)21(32-8-4-5-9-32)18-11-17-19(31-18)12-29-14-30-17/h6-7,10-12,14,21,31,33H,4-5,8-9,13H2,1-3H3. The maximum absolute atomic E-state index is 14.8. The summed E-state index contributed by atoms with van der Waals surface area (Å²) < 4.78 is 63.5. The van der Waals surface area contributed by atoms with Crippen LogP contribution in [0.2, 0.25) is 0 Å². The Morgan fingerprint density at radius 2 is 1.88 bits per heavy atom. The molecule has 0 aliphatic carbocycles. The van der Waals surface area contributed by atoms with Crippen molar-refractivity contribution in [2.45, 2.75) is 56.3 Å². The number of fused-ring (bicyclic) bond motifs is 1. The fourth-order valence-corrected chi connectivity index (χ4v) is 5.14. The fourth-order valence-electron chi connectivity index (χ4n) is 5.14. The van der Waals surface area contributed by atoms with Gasteiger partial charge in [0.15, 0.2) is 5.60 Å². The number of likely N-dealkylation sites (tertiary alicyclic amines) is 1. The number of aromatic nitrogens is 3. The van der Waals surface area contributed by atoms with Gasteiger partial charge in [0.2, 0.25) is 0 Å². The number of H-pyrrole nitrogens is 1. The minimum absolute atomic E-state index is 0.133. The second-order valence-electron chi connectivity index (χ2n) is 9.52. The molecule has 2 unspecified atom stereocenters. The lowest BCUT2D eigenvalue weighted by molar-refractivity contribution is -0.289. The van der Waals surface area contributed by atoms with Crippen LogP contribution in [-0.4, -0.2) is 56.9 Å². The van der Waals surface area contributed by atoms with E-state index in [4.69, 9.17) is 4.74 Å². The van der Waals surface area contributed by atoms with Crippen molar-refractivity contribution >= 4 is 11.0 Å². The summed E-state index contributed by atoms with van der Waals surface area (Å²) in [4.78, 5) is 12.7. The molecule has 0 saturated carbocycles. The Kier molecular flexibility index (Phi) is 6.32. The maximum Gasteiger partial charge on any atom is 0.419 e. The van der Waals surface area contributed by atoms with Gasteiger partial charge in [-0.3, -0.25) is 4.90 Å². The van der Waals surface area contributed by atoms with E-state index in [0.717, 1.165) is 18.9 Å². The third-order valence-electron chi connectivity index (χ3n) is 6.66. The zero-order chi connectivity index (χ0) is 24.7. The number of aromatic amines is 1. The summed E-state index contributed by atoms with van der Waals surface area (Å²) in [6.07, 6.45) is -1.35. The molecule has 2 atom stereocenters. The van der Waals surface area contributed by atoms with E-state index in [0.29, 0.717) is 29.7 Å². The summed E-state index contributed by atoms with van der Waals surface area (Å²) in [5.41, 5.74) is -2.79. The molecule has 1 aliphatic heterocycles. The van der Waals surface area contributed by atoms with Crippen LogP contribution in [-0.2, 0) is 5.41 Å². The van der Waals surface area contributed by atoms with Crippen molar-refractivity contribution in [3.63, 3.8) is 0 Å². The van der Waals surface area contributed by atoms with Crippen LogP contribution in [0.4, 0.5) is 17.6 Å². The Bertz CT molecular complexity index is 1120.